The molecule has 3 aliphatic rings. The van der Waals surface area contributed by atoms with Gasteiger partial charge in [0.2, 0.25) is 17.6 Å². The van der Waals surface area contributed by atoms with Crippen molar-refractivity contribution >= 4 is 39.4 Å². The molecule has 1 saturated heterocycles. The quantitative estimate of drug-likeness (QED) is 0.171. The van der Waals surface area contributed by atoms with Crippen LogP contribution in [0.1, 0.15) is 100 Å². The maximum absolute atomic E-state index is 14.3. The highest BCUT2D eigenvalue weighted by molar-refractivity contribution is 7.92. The topological polar surface area (TPSA) is 171 Å². The van der Waals surface area contributed by atoms with E-state index in [0.29, 0.717) is 13.0 Å². The molecule has 1 aliphatic heterocycles. The number of Topliss-reactive ketones (excluding diaryl/α,β-unsaturated/α-hetero) is 1. The predicted octanol–water partition coefficient (Wildman–Crippen LogP) is 2.87. The number of amides is 5. The summed E-state index contributed by atoms with van der Waals surface area (Å²) in [6.45, 7) is 18.2. The second-order valence-corrected chi connectivity index (χ2v) is 19.0. The molecule has 47 heavy (non-hydrogen) atoms. The number of likely N-dealkylation sites (tertiary alicyclic amines) is 1. The Kier molecular flexibility index (Phi) is 12.0. The lowest BCUT2D eigenvalue weighted by Gasteiger charge is -2.37. The molecule has 2 aliphatic carbocycles. The highest BCUT2D eigenvalue weighted by Gasteiger charge is 2.69. The van der Waals surface area contributed by atoms with Gasteiger partial charge in [-0.3, -0.25) is 19.2 Å². The molecule has 0 bridgehead atoms. The fraction of sp³-hybridized carbons (Fsp3) is 0.794. The minimum absolute atomic E-state index is 0.0664. The standard InChI is InChI=1S/C34H57N5O7S/c1-10-11-17-23(27(40)29(42)35-18-19-47(45,46)33(5,6)7)36-28(41)26-24-22(34(24,8)9)20-39(26)30(43)25(21-15-13-12-14-16-21)37-31(44)38-32(2,3)4/h10,21-26H,1,11-20H2,2-9H3,(H,35,42)(H,36,41)(H2,37,38,44)/t22-,23?,24-,25-,26-/m0/s1. The van der Waals surface area contributed by atoms with Crippen molar-refractivity contribution in [2.45, 2.75) is 129 Å². The summed E-state index contributed by atoms with van der Waals surface area (Å²) in [5.41, 5.74) is -0.710. The fourth-order valence-electron chi connectivity index (χ4n) is 7.02. The Hall–Kier alpha value is -2.96. The van der Waals surface area contributed by atoms with Crippen LogP contribution in [0.3, 0.4) is 0 Å². The summed E-state index contributed by atoms with van der Waals surface area (Å²) in [5.74, 6) is -3.18. The van der Waals surface area contributed by atoms with E-state index in [1.165, 1.54) is 0 Å². The maximum Gasteiger partial charge on any atom is 0.315 e. The van der Waals surface area contributed by atoms with Gasteiger partial charge in [0.25, 0.3) is 5.91 Å². The first kappa shape index (κ1) is 38.5. The lowest BCUT2D eigenvalue weighted by Crippen LogP contribution is -2.61. The van der Waals surface area contributed by atoms with Crippen molar-refractivity contribution in [1.82, 2.24) is 26.2 Å². The first-order chi connectivity index (χ1) is 21.6. The van der Waals surface area contributed by atoms with Gasteiger partial charge in [-0.2, -0.15) is 0 Å². The minimum atomic E-state index is -3.52. The Labute approximate surface area is 280 Å². The molecule has 0 spiro atoms. The van der Waals surface area contributed by atoms with Crippen molar-refractivity contribution in [2.24, 2.45) is 23.2 Å². The molecular formula is C34H57N5O7S. The van der Waals surface area contributed by atoms with Crippen LogP contribution in [0.4, 0.5) is 4.79 Å². The fourth-order valence-corrected chi connectivity index (χ4v) is 8.00. The van der Waals surface area contributed by atoms with Crippen molar-refractivity contribution in [1.29, 1.82) is 0 Å². The maximum atomic E-state index is 14.3. The largest absolute Gasteiger partial charge is 0.348 e. The highest BCUT2D eigenvalue weighted by atomic mass is 32.2. The Morgan fingerprint density at radius 2 is 1.60 bits per heavy atom. The Bertz CT molecular complexity index is 1320. The monoisotopic (exact) mass is 679 g/mol. The summed E-state index contributed by atoms with van der Waals surface area (Å²) in [6, 6.07) is -3.31. The van der Waals surface area contributed by atoms with Crippen LogP contribution in [-0.4, -0.2) is 90.1 Å². The van der Waals surface area contributed by atoms with Gasteiger partial charge >= 0.3 is 6.03 Å². The van der Waals surface area contributed by atoms with E-state index in [4.69, 9.17) is 0 Å². The number of urea groups is 1. The van der Waals surface area contributed by atoms with Crippen LogP contribution in [-0.2, 0) is 29.0 Å². The number of allylic oxidation sites excluding steroid dienone is 1. The van der Waals surface area contributed by atoms with Crippen LogP contribution in [0.2, 0.25) is 0 Å². The SMILES string of the molecule is C=CCCC(NC(=O)[C@@H]1[C@@H]2[C@H](CN1C(=O)[C@@H](NC(=O)NC(C)(C)C)C1CCCCC1)C2(C)C)C(=O)C(=O)NCCS(=O)(=O)C(C)(C)C. The van der Waals surface area contributed by atoms with Gasteiger partial charge in [0.15, 0.2) is 9.84 Å². The molecule has 3 fully saturated rings. The third-order valence-electron chi connectivity index (χ3n) is 10.0. The van der Waals surface area contributed by atoms with E-state index in [1.807, 2.05) is 20.8 Å². The number of sulfone groups is 1. The molecule has 12 nitrogen and oxygen atoms in total. The number of fused-ring (bicyclic) bond motifs is 1. The van der Waals surface area contributed by atoms with Gasteiger partial charge in [-0.15, -0.1) is 6.58 Å². The third-order valence-corrected chi connectivity index (χ3v) is 12.6. The summed E-state index contributed by atoms with van der Waals surface area (Å²) in [5, 5.41) is 11.0. The third kappa shape index (κ3) is 9.35. The van der Waals surface area contributed by atoms with Crippen LogP contribution >= 0.6 is 0 Å². The zero-order chi connectivity index (χ0) is 35.5. The summed E-state index contributed by atoms with van der Waals surface area (Å²) < 4.78 is 23.9. The average Bonchev–Trinajstić information content (AvgIpc) is 3.27. The molecule has 0 radical (unpaired) electrons. The van der Waals surface area contributed by atoms with E-state index >= 15 is 0 Å². The van der Waals surface area contributed by atoms with Crippen LogP contribution in [0.5, 0.6) is 0 Å². The summed E-state index contributed by atoms with van der Waals surface area (Å²) in [6.07, 6.45) is 6.59. The molecule has 2 saturated carbocycles. The number of nitrogens with one attached hydrogen (secondary N) is 4. The van der Waals surface area contributed by atoms with Gasteiger partial charge in [0, 0.05) is 18.6 Å². The minimum Gasteiger partial charge on any atom is -0.348 e. The summed E-state index contributed by atoms with van der Waals surface area (Å²) >= 11 is 0. The van der Waals surface area contributed by atoms with E-state index < -0.39 is 61.9 Å². The molecule has 4 N–H and O–H groups in total. The molecule has 0 aromatic rings. The van der Waals surface area contributed by atoms with Crippen molar-refractivity contribution in [2.75, 3.05) is 18.8 Å². The molecule has 266 valence electrons. The molecule has 3 rings (SSSR count). The number of carbonyl (C=O) groups excluding carboxylic acids is 5. The number of carbonyl (C=O) groups is 5. The Morgan fingerprint density at radius 3 is 2.15 bits per heavy atom. The van der Waals surface area contributed by atoms with Crippen molar-refractivity contribution in [3.8, 4) is 0 Å². The van der Waals surface area contributed by atoms with Crippen LogP contribution < -0.4 is 21.3 Å². The number of ketones is 1. The van der Waals surface area contributed by atoms with E-state index in [2.05, 4.69) is 41.7 Å². The van der Waals surface area contributed by atoms with Gasteiger partial charge in [0.1, 0.15) is 12.1 Å². The van der Waals surface area contributed by atoms with Gasteiger partial charge in [-0.05, 0) is 90.4 Å². The number of rotatable bonds is 13. The van der Waals surface area contributed by atoms with Crippen LogP contribution in [0, 0.1) is 23.2 Å². The van der Waals surface area contributed by atoms with Crippen LogP contribution in [0.25, 0.3) is 0 Å². The smallest absolute Gasteiger partial charge is 0.315 e. The normalized spacial score (nSPS) is 23.9. The highest BCUT2D eigenvalue weighted by Crippen LogP contribution is 2.65. The Balaban J connectivity index is 1.80. The van der Waals surface area contributed by atoms with Gasteiger partial charge in [-0.1, -0.05) is 39.2 Å². The van der Waals surface area contributed by atoms with E-state index in [-0.39, 0.29) is 47.8 Å². The number of piperidine rings is 1. The van der Waals surface area contributed by atoms with E-state index in [1.54, 1.807) is 31.7 Å². The number of hydrogen-bond acceptors (Lipinski definition) is 7. The summed E-state index contributed by atoms with van der Waals surface area (Å²) in [7, 11) is -3.52. The second-order valence-electron chi connectivity index (χ2n) is 16.1. The van der Waals surface area contributed by atoms with Crippen LogP contribution in [0.15, 0.2) is 12.7 Å². The van der Waals surface area contributed by atoms with Crippen molar-refractivity contribution in [3.05, 3.63) is 12.7 Å². The Morgan fingerprint density at radius 1 is 0.979 bits per heavy atom. The van der Waals surface area contributed by atoms with Gasteiger partial charge < -0.3 is 26.2 Å². The number of nitrogens with zero attached hydrogens (tertiary/aromatic N) is 1. The lowest BCUT2D eigenvalue weighted by molar-refractivity contribution is -0.144. The molecular weight excluding hydrogens is 622 g/mol. The van der Waals surface area contributed by atoms with E-state index in [9.17, 15) is 32.4 Å². The predicted molar refractivity (Wildman–Crippen MR) is 181 cm³/mol. The van der Waals surface area contributed by atoms with E-state index in [0.717, 1.165) is 32.1 Å². The number of hydrogen-bond donors (Lipinski definition) is 4. The molecule has 13 heteroatoms. The lowest BCUT2D eigenvalue weighted by atomic mass is 9.83. The molecule has 5 amide bonds. The molecule has 1 heterocycles. The van der Waals surface area contributed by atoms with Gasteiger partial charge in [0.05, 0.1) is 16.5 Å². The zero-order valence-corrected chi connectivity index (χ0v) is 30.3. The first-order valence-corrected chi connectivity index (χ1v) is 18.6. The molecule has 0 aromatic carbocycles. The van der Waals surface area contributed by atoms with Crippen molar-refractivity contribution in [3.63, 3.8) is 0 Å². The molecule has 5 atom stereocenters. The molecule has 1 unspecified atom stereocenters. The molecule has 0 aromatic heterocycles. The van der Waals surface area contributed by atoms with Crippen molar-refractivity contribution < 1.29 is 32.4 Å². The second kappa shape index (κ2) is 14.7. The van der Waals surface area contributed by atoms with Gasteiger partial charge in [-0.25, -0.2) is 13.2 Å². The zero-order valence-electron chi connectivity index (χ0n) is 29.5. The average molecular weight is 680 g/mol. The summed E-state index contributed by atoms with van der Waals surface area (Å²) in [4.78, 5) is 69.1. The first-order valence-electron chi connectivity index (χ1n) is 17.0.